The normalized spacial score (nSPS) is 10.6. The number of hydrogen-bond donors (Lipinski definition) is 1. The molecule has 0 radical (unpaired) electrons. The molecule has 2 nitrogen and oxygen atoms in total. The van der Waals surface area contributed by atoms with Gasteiger partial charge in [0, 0.05) is 3.57 Å². The Balaban J connectivity index is 2.99. The minimum atomic E-state index is 0.0171. The predicted octanol–water partition coefficient (Wildman–Crippen LogP) is 2.19. The first kappa shape index (κ1) is 7.30. The van der Waals surface area contributed by atoms with Crippen molar-refractivity contribution in [2.75, 3.05) is 0 Å². The lowest BCUT2D eigenvalue weighted by Gasteiger charge is -1.86. The number of nitrogens with one attached hydrogen (secondary N) is 1. The Hall–Kier alpha value is -0.360. The predicted molar refractivity (Wildman–Crippen MR) is 55.2 cm³/mol. The van der Waals surface area contributed by atoms with Crippen LogP contribution in [0.5, 0.6) is 0 Å². The Kier molecular flexibility index (Phi) is 1.72. The van der Waals surface area contributed by atoms with Gasteiger partial charge in [-0.3, -0.25) is 9.17 Å². The van der Waals surface area contributed by atoms with Crippen LogP contribution in [0, 0.1) is 3.57 Å². The molecule has 1 heterocycles. The third kappa shape index (κ3) is 1.20. The second-order valence-corrected chi connectivity index (χ2v) is 4.27. The first-order valence-electron chi connectivity index (χ1n) is 3.04. The molecule has 0 aliphatic heterocycles. The van der Waals surface area contributed by atoms with E-state index in [9.17, 15) is 4.79 Å². The maximum absolute atomic E-state index is 11.1. The average Bonchev–Trinajstić information content (AvgIpc) is 2.33. The van der Waals surface area contributed by atoms with E-state index in [0.717, 1.165) is 13.7 Å². The van der Waals surface area contributed by atoms with E-state index in [2.05, 4.69) is 27.0 Å². The summed E-state index contributed by atoms with van der Waals surface area (Å²) in [5.74, 6) is 0. The molecule has 0 atom stereocenters. The quantitative estimate of drug-likeness (QED) is 0.736. The second kappa shape index (κ2) is 2.60. The van der Waals surface area contributed by atoms with Crippen molar-refractivity contribution in [3.05, 3.63) is 32.1 Å². The molecular formula is C7H4INOS. The van der Waals surface area contributed by atoms with Crippen LogP contribution in [0.4, 0.5) is 0 Å². The molecule has 0 unspecified atom stereocenters. The van der Waals surface area contributed by atoms with Crippen LogP contribution in [0.1, 0.15) is 0 Å². The van der Waals surface area contributed by atoms with Crippen LogP contribution < -0.4 is 5.56 Å². The minimum Gasteiger partial charge on any atom is -0.277 e. The number of aromatic amines is 1. The van der Waals surface area contributed by atoms with Crippen molar-refractivity contribution in [1.82, 2.24) is 4.37 Å². The number of halogens is 1. The van der Waals surface area contributed by atoms with Gasteiger partial charge in [-0.1, -0.05) is 11.5 Å². The number of fused-ring (bicyclic) bond motifs is 1. The lowest BCUT2D eigenvalue weighted by Crippen LogP contribution is -1.95. The highest BCUT2D eigenvalue weighted by Crippen LogP contribution is 2.16. The highest BCUT2D eigenvalue weighted by atomic mass is 127. The van der Waals surface area contributed by atoms with E-state index < -0.39 is 0 Å². The number of hydrogen-bond acceptors (Lipinski definition) is 2. The standard InChI is InChI=1S/C7H4INOS/c8-4-1-2-6-5(3-4)7(10)9-11-6/h1-3H,(H,9,10). The van der Waals surface area contributed by atoms with Gasteiger partial charge in [0.15, 0.2) is 0 Å². The van der Waals surface area contributed by atoms with Gasteiger partial charge in [-0.15, -0.1) is 0 Å². The zero-order valence-corrected chi connectivity index (χ0v) is 8.40. The lowest BCUT2D eigenvalue weighted by molar-refractivity contribution is 1.46. The highest BCUT2D eigenvalue weighted by molar-refractivity contribution is 14.1. The fourth-order valence-corrected chi connectivity index (χ4v) is 2.13. The van der Waals surface area contributed by atoms with Crippen LogP contribution in [0.2, 0.25) is 0 Å². The third-order valence-electron chi connectivity index (χ3n) is 1.44. The molecule has 0 saturated heterocycles. The summed E-state index contributed by atoms with van der Waals surface area (Å²) in [6.45, 7) is 0. The van der Waals surface area contributed by atoms with Crippen molar-refractivity contribution < 1.29 is 0 Å². The van der Waals surface area contributed by atoms with Gasteiger partial charge in [-0.05, 0) is 40.8 Å². The van der Waals surface area contributed by atoms with E-state index in [1.807, 2.05) is 18.2 Å². The van der Waals surface area contributed by atoms with Gasteiger partial charge in [0.1, 0.15) is 0 Å². The highest BCUT2D eigenvalue weighted by Gasteiger charge is 1.99. The van der Waals surface area contributed by atoms with Crippen LogP contribution in [-0.4, -0.2) is 4.37 Å². The molecule has 0 amide bonds. The summed E-state index contributed by atoms with van der Waals surface area (Å²) in [5.41, 5.74) is 0.0171. The Morgan fingerprint density at radius 2 is 2.27 bits per heavy atom. The van der Waals surface area contributed by atoms with Crippen LogP contribution in [-0.2, 0) is 0 Å². The summed E-state index contributed by atoms with van der Waals surface area (Å²) < 4.78 is 4.81. The maximum atomic E-state index is 11.1. The Labute approximate surface area is 80.5 Å². The lowest BCUT2D eigenvalue weighted by atomic mass is 10.3. The molecule has 1 aromatic carbocycles. The van der Waals surface area contributed by atoms with Gasteiger partial charge in [0.2, 0.25) is 0 Å². The molecule has 0 bridgehead atoms. The van der Waals surface area contributed by atoms with E-state index in [1.165, 1.54) is 11.5 Å². The molecule has 1 aromatic heterocycles. The molecule has 2 aromatic rings. The topological polar surface area (TPSA) is 32.9 Å². The summed E-state index contributed by atoms with van der Waals surface area (Å²) in [4.78, 5) is 11.1. The molecule has 0 saturated carbocycles. The number of rotatable bonds is 0. The van der Waals surface area contributed by atoms with Gasteiger partial charge >= 0.3 is 0 Å². The van der Waals surface area contributed by atoms with Crippen LogP contribution in [0.15, 0.2) is 23.0 Å². The molecule has 1 N–H and O–H groups in total. The van der Waals surface area contributed by atoms with Crippen LogP contribution in [0.25, 0.3) is 10.1 Å². The first-order valence-corrected chi connectivity index (χ1v) is 4.93. The molecule has 56 valence electrons. The van der Waals surface area contributed by atoms with E-state index in [4.69, 9.17) is 0 Å². The van der Waals surface area contributed by atoms with Crippen molar-refractivity contribution in [2.45, 2.75) is 0 Å². The van der Waals surface area contributed by atoms with Crippen molar-refractivity contribution >= 4 is 44.2 Å². The fourth-order valence-electron chi connectivity index (χ4n) is 0.925. The van der Waals surface area contributed by atoms with Crippen molar-refractivity contribution in [3.8, 4) is 0 Å². The van der Waals surface area contributed by atoms with E-state index >= 15 is 0 Å². The Morgan fingerprint density at radius 1 is 1.45 bits per heavy atom. The van der Waals surface area contributed by atoms with E-state index in [0.29, 0.717) is 0 Å². The van der Waals surface area contributed by atoms with Gasteiger partial charge in [0.05, 0.1) is 10.1 Å². The Morgan fingerprint density at radius 3 is 3.09 bits per heavy atom. The second-order valence-electron chi connectivity index (χ2n) is 2.17. The van der Waals surface area contributed by atoms with Crippen molar-refractivity contribution in [2.24, 2.45) is 0 Å². The Bertz CT molecular complexity index is 445. The van der Waals surface area contributed by atoms with Crippen LogP contribution >= 0.6 is 34.1 Å². The minimum absolute atomic E-state index is 0.0171. The maximum Gasteiger partial charge on any atom is 0.265 e. The fraction of sp³-hybridized carbons (Fsp3) is 0. The molecule has 0 aliphatic carbocycles. The third-order valence-corrected chi connectivity index (χ3v) is 2.97. The SMILES string of the molecule is O=c1[nH]sc2ccc(I)cc12. The number of benzene rings is 1. The molecule has 11 heavy (non-hydrogen) atoms. The monoisotopic (exact) mass is 277 g/mol. The van der Waals surface area contributed by atoms with Crippen molar-refractivity contribution in [3.63, 3.8) is 0 Å². The zero-order chi connectivity index (χ0) is 7.84. The summed E-state index contributed by atoms with van der Waals surface area (Å²) in [5, 5.41) is 0.793. The van der Waals surface area contributed by atoms with E-state index in [1.54, 1.807) is 0 Å². The summed E-state index contributed by atoms with van der Waals surface area (Å²) in [7, 11) is 0. The number of H-pyrrole nitrogens is 1. The molecule has 2 rings (SSSR count). The number of aromatic nitrogens is 1. The summed E-state index contributed by atoms with van der Waals surface area (Å²) in [6.07, 6.45) is 0. The van der Waals surface area contributed by atoms with Gasteiger partial charge in [0.25, 0.3) is 5.56 Å². The largest absolute Gasteiger partial charge is 0.277 e. The van der Waals surface area contributed by atoms with Gasteiger partial charge in [-0.2, -0.15) is 0 Å². The molecule has 0 aliphatic rings. The smallest absolute Gasteiger partial charge is 0.265 e. The first-order chi connectivity index (χ1) is 5.27. The van der Waals surface area contributed by atoms with Gasteiger partial charge in [-0.25, -0.2) is 0 Å². The zero-order valence-electron chi connectivity index (χ0n) is 5.43. The average molecular weight is 277 g/mol. The summed E-state index contributed by atoms with van der Waals surface area (Å²) >= 11 is 3.58. The van der Waals surface area contributed by atoms with E-state index in [-0.39, 0.29) is 5.56 Å². The summed E-state index contributed by atoms with van der Waals surface area (Å²) in [6, 6.07) is 5.84. The van der Waals surface area contributed by atoms with Crippen LogP contribution in [0.3, 0.4) is 0 Å². The molecular weight excluding hydrogens is 273 g/mol. The van der Waals surface area contributed by atoms with Gasteiger partial charge < -0.3 is 0 Å². The molecule has 4 heteroatoms. The van der Waals surface area contributed by atoms with Crippen molar-refractivity contribution in [1.29, 1.82) is 0 Å². The molecule has 0 spiro atoms. The molecule has 0 fully saturated rings.